The van der Waals surface area contributed by atoms with E-state index in [0.29, 0.717) is 0 Å². The average molecular weight is 137 g/mol. The average Bonchev–Trinajstić information content (AvgIpc) is 1.91. The largest absolute Gasteiger partial charge is 1.00 e. The Hall–Kier alpha value is 0.517. The van der Waals surface area contributed by atoms with Crippen LogP contribution in [0.5, 0.6) is 0 Å². The predicted molar refractivity (Wildman–Crippen MR) is 37.3 cm³/mol. The van der Waals surface area contributed by atoms with E-state index in [1.165, 1.54) is 0 Å². The first-order valence-corrected chi connectivity index (χ1v) is 3.65. The van der Waals surface area contributed by atoms with Gasteiger partial charge in [0.05, 0.1) is 0 Å². The molecule has 0 saturated heterocycles. The molecular formula is C7H16LiNO. The fraction of sp³-hybridized carbons (Fsp3) is 1.00. The van der Waals surface area contributed by atoms with E-state index in [0.717, 1.165) is 26.1 Å². The van der Waals surface area contributed by atoms with E-state index in [9.17, 15) is 5.11 Å². The molecule has 0 radical (unpaired) electrons. The van der Waals surface area contributed by atoms with Crippen LogP contribution < -0.4 is 24.0 Å². The van der Waals surface area contributed by atoms with E-state index in [1.54, 1.807) is 0 Å². The SMILES string of the molecule is CCN(CC)CCC[O-].[Li+]. The van der Waals surface area contributed by atoms with Crippen molar-refractivity contribution < 1.29 is 24.0 Å². The summed E-state index contributed by atoms with van der Waals surface area (Å²) in [5, 5.41) is 10.0. The van der Waals surface area contributed by atoms with Crippen LogP contribution in [0.25, 0.3) is 0 Å². The van der Waals surface area contributed by atoms with Crippen LogP contribution in [-0.2, 0) is 0 Å². The molecule has 56 valence electrons. The summed E-state index contributed by atoms with van der Waals surface area (Å²) >= 11 is 0. The maximum Gasteiger partial charge on any atom is 1.00 e. The third kappa shape index (κ3) is 6.63. The van der Waals surface area contributed by atoms with Gasteiger partial charge < -0.3 is 10.0 Å². The number of rotatable bonds is 5. The van der Waals surface area contributed by atoms with Crippen LogP contribution in [0.3, 0.4) is 0 Å². The van der Waals surface area contributed by atoms with Gasteiger partial charge in [-0.2, -0.15) is 0 Å². The minimum atomic E-state index is 0. The molecule has 0 aliphatic carbocycles. The minimum absolute atomic E-state index is 0. The summed E-state index contributed by atoms with van der Waals surface area (Å²) in [6.45, 7) is 7.41. The molecule has 0 heterocycles. The third-order valence-electron chi connectivity index (χ3n) is 1.51. The van der Waals surface area contributed by atoms with Crippen LogP contribution in [0.1, 0.15) is 20.3 Å². The second-order valence-electron chi connectivity index (χ2n) is 2.08. The van der Waals surface area contributed by atoms with Crippen molar-refractivity contribution in [2.45, 2.75) is 20.3 Å². The number of hydrogen-bond donors (Lipinski definition) is 0. The van der Waals surface area contributed by atoms with Gasteiger partial charge in [0.15, 0.2) is 0 Å². The molecule has 0 fully saturated rings. The Balaban J connectivity index is 0. The summed E-state index contributed by atoms with van der Waals surface area (Å²) in [5.41, 5.74) is 0. The monoisotopic (exact) mass is 137 g/mol. The predicted octanol–water partition coefficient (Wildman–Crippen LogP) is -2.92. The van der Waals surface area contributed by atoms with Gasteiger partial charge in [-0.1, -0.05) is 20.3 Å². The van der Waals surface area contributed by atoms with Crippen LogP contribution in [0.2, 0.25) is 0 Å². The summed E-state index contributed by atoms with van der Waals surface area (Å²) in [6.07, 6.45) is 0.793. The van der Waals surface area contributed by atoms with Gasteiger partial charge in [0, 0.05) is 0 Å². The Labute approximate surface area is 75.8 Å². The standard InChI is InChI=1S/C7H16NO.Li/c1-3-8(4-2)6-5-7-9;/h3-7H2,1-2H3;/q-1;+1. The van der Waals surface area contributed by atoms with E-state index in [1.807, 2.05) is 0 Å². The Morgan fingerprint density at radius 3 is 2.00 bits per heavy atom. The first-order valence-electron chi connectivity index (χ1n) is 3.65. The maximum absolute atomic E-state index is 10.0. The van der Waals surface area contributed by atoms with Gasteiger partial charge in [0.2, 0.25) is 0 Å². The molecule has 0 aromatic heterocycles. The molecule has 0 unspecified atom stereocenters. The molecule has 10 heavy (non-hydrogen) atoms. The normalized spacial score (nSPS) is 9.60. The van der Waals surface area contributed by atoms with Gasteiger partial charge in [0.1, 0.15) is 0 Å². The zero-order valence-electron chi connectivity index (χ0n) is 7.39. The molecule has 0 aliphatic heterocycles. The summed E-state index contributed by atoms with van der Waals surface area (Å²) in [7, 11) is 0. The summed E-state index contributed by atoms with van der Waals surface area (Å²) in [6, 6.07) is 0. The van der Waals surface area contributed by atoms with Crippen LogP contribution in [0.15, 0.2) is 0 Å². The molecule has 0 aromatic rings. The Bertz CT molecular complexity index is 57.6. The minimum Gasteiger partial charge on any atom is -0.854 e. The summed E-state index contributed by atoms with van der Waals surface area (Å²) < 4.78 is 0. The van der Waals surface area contributed by atoms with E-state index in [-0.39, 0.29) is 25.5 Å². The molecule has 0 rings (SSSR count). The number of nitrogens with zero attached hydrogens (tertiary/aromatic N) is 1. The van der Waals surface area contributed by atoms with Crippen LogP contribution in [0, 0.1) is 0 Å². The van der Waals surface area contributed by atoms with E-state index in [2.05, 4.69) is 18.7 Å². The molecule has 0 spiro atoms. The molecule has 0 bridgehead atoms. The molecule has 0 aromatic carbocycles. The molecule has 2 nitrogen and oxygen atoms in total. The second kappa shape index (κ2) is 9.52. The third-order valence-corrected chi connectivity index (χ3v) is 1.51. The van der Waals surface area contributed by atoms with Gasteiger partial charge in [-0.15, -0.1) is 6.61 Å². The van der Waals surface area contributed by atoms with Crippen molar-refractivity contribution in [2.75, 3.05) is 26.2 Å². The van der Waals surface area contributed by atoms with Crippen molar-refractivity contribution in [3.05, 3.63) is 0 Å². The smallest absolute Gasteiger partial charge is 0.854 e. The molecule has 0 aliphatic rings. The van der Waals surface area contributed by atoms with Crippen molar-refractivity contribution in [1.29, 1.82) is 0 Å². The fourth-order valence-electron chi connectivity index (χ4n) is 0.828. The van der Waals surface area contributed by atoms with Crippen LogP contribution >= 0.6 is 0 Å². The van der Waals surface area contributed by atoms with Crippen molar-refractivity contribution in [2.24, 2.45) is 0 Å². The molecule has 3 heteroatoms. The topological polar surface area (TPSA) is 26.3 Å². The maximum atomic E-state index is 10.0. The first-order chi connectivity index (χ1) is 4.35. The molecule has 0 N–H and O–H groups in total. The quantitative estimate of drug-likeness (QED) is 0.379. The first kappa shape index (κ1) is 13.1. The van der Waals surface area contributed by atoms with Gasteiger partial charge in [-0.3, -0.25) is 0 Å². The Morgan fingerprint density at radius 1 is 1.20 bits per heavy atom. The van der Waals surface area contributed by atoms with Crippen LogP contribution in [0.4, 0.5) is 0 Å². The van der Waals surface area contributed by atoms with E-state index >= 15 is 0 Å². The molecule has 0 atom stereocenters. The van der Waals surface area contributed by atoms with Gasteiger partial charge in [0.25, 0.3) is 0 Å². The Morgan fingerprint density at radius 2 is 1.70 bits per heavy atom. The zero-order chi connectivity index (χ0) is 7.11. The zero-order valence-corrected chi connectivity index (χ0v) is 7.39. The molecule has 0 amide bonds. The molecule has 0 saturated carbocycles. The van der Waals surface area contributed by atoms with Crippen molar-refractivity contribution in [1.82, 2.24) is 4.90 Å². The van der Waals surface area contributed by atoms with E-state index in [4.69, 9.17) is 0 Å². The second-order valence-corrected chi connectivity index (χ2v) is 2.08. The fourth-order valence-corrected chi connectivity index (χ4v) is 0.828. The molecular weight excluding hydrogens is 121 g/mol. The van der Waals surface area contributed by atoms with Gasteiger partial charge >= 0.3 is 18.9 Å². The van der Waals surface area contributed by atoms with Gasteiger partial charge in [-0.25, -0.2) is 0 Å². The van der Waals surface area contributed by atoms with Crippen LogP contribution in [-0.4, -0.2) is 31.1 Å². The summed E-state index contributed by atoms with van der Waals surface area (Å²) in [4.78, 5) is 2.26. The van der Waals surface area contributed by atoms with Crippen molar-refractivity contribution in [3.8, 4) is 0 Å². The van der Waals surface area contributed by atoms with Gasteiger partial charge in [-0.05, 0) is 19.6 Å². The number of hydrogen-bond acceptors (Lipinski definition) is 2. The Kier molecular flexibility index (Phi) is 12.5. The van der Waals surface area contributed by atoms with Crippen molar-refractivity contribution >= 4 is 0 Å². The van der Waals surface area contributed by atoms with E-state index < -0.39 is 0 Å². The summed E-state index contributed by atoms with van der Waals surface area (Å²) in [5.74, 6) is 0. The van der Waals surface area contributed by atoms with Crippen molar-refractivity contribution in [3.63, 3.8) is 0 Å².